The molecule has 7 heteroatoms. The molecule has 2 rings (SSSR count). The van der Waals surface area contributed by atoms with Gasteiger partial charge in [-0.15, -0.1) is 0 Å². The number of ether oxygens (including phenoxy) is 1. The van der Waals surface area contributed by atoms with Gasteiger partial charge in [0.2, 0.25) is 10.0 Å². The third kappa shape index (κ3) is 5.11. The Balaban J connectivity index is 1.83. The highest BCUT2D eigenvalue weighted by Crippen LogP contribution is 2.13. The first-order chi connectivity index (χ1) is 9.96. The van der Waals surface area contributed by atoms with Crippen LogP contribution >= 0.6 is 0 Å². The Bertz CT molecular complexity index is 593. The van der Waals surface area contributed by atoms with Crippen LogP contribution < -0.4 is 4.72 Å². The van der Waals surface area contributed by atoms with E-state index < -0.39 is 16.0 Å². The Morgan fingerprint density at radius 3 is 2.90 bits per heavy atom. The Morgan fingerprint density at radius 1 is 1.43 bits per heavy atom. The summed E-state index contributed by atoms with van der Waals surface area (Å²) < 4.78 is 31.6. The van der Waals surface area contributed by atoms with E-state index in [0.29, 0.717) is 13.0 Å². The highest BCUT2D eigenvalue weighted by Gasteiger charge is 2.22. The number of carbonyl (C=O) groups is 1. The maximum absolute atomic E-state index is 11.9. The van der Waals surface area contributed by atoms with Crippen LogP contribution in [0.1, 0.15) is 28.8 Å². The molecule has 1 fully saturated rings. The Hall–Kier alpha value is -1.44. The fourth-order valence-electron chi connectivity index (χ4n) is 2.29. The van der Waals surface area contributed by atoms with Crippen molar-refractivity contribution >= 4 is 16.0 Å². The van der Waals surface area contributed by atoms with Crippen molar-refractivity contribution in [2.75, 3.05) is 18.9 Å². The van der Waals surface area contributed by atoms with Gasteiger partial charge in [-0.1, -0.05) is 12.1 Å². The second-order valence-electron chi connectivity index (χ2n) is 5.07. The molecule has 0 amide bonds. The maximum atomic E-state index is 11.9. The zero-order valence-electron chi connectivity index (χ0n) is 11.6. The van der Waals surface area contributed by atoms with Gasteiger partial charge in [-0.25, -0.2) is 17.9 Å². The Labute approximate surface area is 124 Å². The normalized spacial score (nSPS) is 18.8. The van der Waals surface area contributed by atoms with Crippen LogP contribution in [0.4, 0.5) is 0 Å². The fourth-order valence-corrected chi connectivity index (χ4v) is 3.57. The predicted octanol–water partition coefficient (Wildman–Crippen LogP) is 1.03. The van der Waals surface area contributed by atoms with Crippen molar-refractivity contribution < 1.29 is 23.1 Å². The average molecular weight is 313 g/mol. The van der Waals surface area contributed by atoms with Gasteiger partial charge in [-0.3, -0.25) is 0 Å². The third-order valence-electron chi connectivity index (χ3n) is 3.34. The number of benzene rings is 1. The number of hydrogen-bond acceptors (Lipinski definition) is 4. The second kappa shape index (κ2) is 7.02. The number of carboxylic acids is 1. The minimum atomic E-state index is -3.35. The monoisotopic (exact) mass is 313 g/mol. The van der Waals surface area contributed by atoms with E-state index in [0.717, 1.165) is 18.4 Å². The molecule has 0 saturated carbocycles. The minimum absolute atomic E-state index is 0.0117. The zero-order chi connectivity index (χ0) is 15.3. The largest absolute Gasteiger partial charge is 0.478 e. The first kappa shape index (κ1) is 15.9. The van der Waals surface area contributed by atoms with E-state index in [1.165, 1.54) is 6.07 Å². The van der Waals surface area contributed by atoms with Crippen molar-refractivity contribution in [3.05, 3.63) is 35.4 Å². The first-order valence-electron chi connectivity index (χ1n) is 6.87. The van der Waals surface area contributed by atoms with E-state index in [1.54, 1.807) is 18.2 Å². The van der Waals surface area contributed by atoms with Gasteiger partial charge in [0.1, 0.15) is 0 Å². The highest BCUT2D eigenvalue weighted by atomic mass is 32.2. The van der Waals surface area contributed by atoms with Crippen molar-refractivity contribution in [1.29, 1.82) is 0 Å². The van der Waals surface area contributed by atoms with Crippen LogP contribution in [0.3, 0.4) is 0 Å². The molecule has 0 spiro atoms. The molecule has 1 unspecified atom stereocenters. The van der Waals surface area contributed by atoms with Crippen LogP contribution in [0.25, 0.3) is 0 Å². The standard InChI is InChI=1S/C14H19NO5S/c16-14(17)12-4-1-3-11(9-12)6-7-15-21(18,19)10-13-5-2-8-20-13/h1,3-4,9,13,15H,2,5-8,10H2,(H,16,17). The summed E-state index contributed by atoms with van der Waals surface area (Å²) in [6, 6.07) is 6.49. The van der Waals surface area contributed by atoms with E-state index in [2.05, 4.69) is 4.72 Å². The summed E-state index contributed by atoms with van der Waals surface area (Å²) in [6.45, 7) is 0.875. The van der Waals surface area contributed by atoms with Crippen LogP contribution in [0.2, 0.25) is 0 Å². The Kier molecular flexibility index (Phi) is 5.33. The number of rotatable bonds is 7. The summed E-state index contributed by atoms with van der Waals surface area (Å²) in [6.07, 6.45) is 1.92. The van der Waals surface area contributed by atoms with Crippen LogP contribution in [0.5, 0.6) is 0 Å². The van der Waals surface area contributed by atoms with Crippen molar-refractivity contribution in [3.8, 4) is 0 Å². The lowest BCUT2D eigenvalue weighted by Gasteiger charge is -2.11. The van der Waals surface area contributed by atoms with Gasteiger partial charge < -0.3 is 9.84 Å². The van der Waals surface area contributed by atoms with Gasteiger partial charge in [-0.2, -0.15) is 0 Å². The number of carboxylic acid groups (broad SMARTS) is 1. The quantitative estimate of drug-likeness (QED) is 0.784. The molecule has 1 aromatic carbocycles. The van der Waals surface area contributed by atoms with Gasteiger partial charge in [-0.05, 0) is 37.0 Å². The van der Waals surface area contributed by atoms with Crippen LogP contribution in [0.15, 0.2) is 24.3 Å². The molecule has 21 heavy (non-hydrogen) atoms. The molecule has 1 atom stereocenters. The lowest BCUT2D eigenvalue weighted by atomic mass is 10.1. The van der Waals surface area contributed by atoms with Crippen LogP contribution in [-0.4, -0.2) is 44.5 Å². The first-order valence-corrected chi connectivity index (χ1v) is 8.53. The zero-order valence-corrected chi connectivity index (χ0v) is 12.4. The molecule has 2 N–H and O–H groups in total. The van der Waals surface area contributed by atoms with Crippen LogP contribution in [-0.2, 0) is 21.2 Å². The molecule has 0 aromatic heterocycles. The maximum Gasteiger partial charge on any atom is 0.335 e. The van der Waals surface area contributed by atoms with Crippen molar-refractivity contribution in [2.24, 2.45) is 0 Å². The molecule has 1 heterocycles. The molecule has 1 saturated heterocycles. The molecule has 1 aliphatic heterocycles. The van der Waals surface area contributed by atoms with E-state index in [9.17, 15) is 13.2 Å². The molecule has 0 radical (unpaired) electrons. The van der Waals surface area contributed by atoms with Gasteiger partial charge in [0, 0.05) is 13.2 Å². The van der Waals surface area contributed by atoms with Crippen LogP contribution in [0, 0.1) is 0 Å². The van der Waals surface area contributed by atoms with E-state index in [4.69, 9.17) is 9.84 Å². The molecule has 0 aliphatic carbocycles. The van der Waals surface area contributed by atoms with Gasteiger partial charge in [0.15, 0.2) is 0 Å². The molecule has 1 aromatic rings. The van der Waals surface area contributed by atoms with Crippen molar-refractivity contribution in [1.82, 2.24) is 4.72 Å². The molecule has 6 nitrogen and oxygen atoms in total. The predicted molar refractivity (Wildman–Crippen MR) is 77.9 cm³/mol. The van der Waals surface area contributed by atoms with E-state index in [-0.39, 0.29) is 24.0 Å². The van der Waals surface area contributed by atoms with Crippen molar-refractivity contribution in [3.63, 3.8) is 0 Å². The topological polar surface area (TPSA) is 92.7 Å². The van der Waals surface area contributed by atoms with Gasteiger partial charge >= 0.3 is 5.97 Å². The summed E-state index contributed by atoms with van der Waals surface area (Å²) in [4.78, 5) is 10.9. The number of aromatic carboxylic acids is 1. The summed E-state index contributed by atoms with van der Waals surface area (Å²) in [5, 5.41) is 8.90. The Morgan fingerprint density at radius 2 is 2.24 bits per heavy atom. The number of nitrogens with one attached hydrogen (secondary N) is 1. The van der Waals surface area contributed by atoms with Gasteiger partial charge in [0.05, 0.1) is 17.4 Å². The summed E-state index contributed by atoms with van der Waals surface area (Å²) in [5.74, 6) is -1.00. The fraction of sp³-hybridized carbons (Fsp3) is 0.500. The lowest BCUT2D eigenvalue weighted by Crippen LogP contribution is -2.33. The highest BCUT2D eigenvalue weighted by molar-refractivity contribution is 7.89. The number of hydrogen-bond donors (Lipinski definition) is 2. The smallest absolute Gasteiger partial charge is 0.335 e. The number of sulfonamides is 1. The summed E-state index contributed by atoms with van der Waals surface area (Å²) in [5.41, 5.74) is 0.990. The molecular weight excluding hydrogens is 294 g/mol. The molecule has 116 valence electrons. The summed E-state index contributed by atoms with van der Waals surface area (Å²) >= 11 is 0. The van der Waals surface area contributed by atoms with Crippen molar-refractivity contribution in [2.45, 2.75) is 25.4 Å². The summed E-state index contributed by atoms with van der Waals surface area (Å²) in [7, 11) is -3.35. The van der Waals surface area contributed by atoms with E-state index >= 15 is 0 Å². The van der Waals surface area contributed by atoms with E-state index in [1.807, 2.05) is 0 Å². The molecule has 1 aliphatic rings. The SMILES string of the molecule is O=C(O)c1cccc(CCNS(=O)(=O)CC2CCCO2)c1. The van der Waals surface area contributed by atoms with Gasteiger partial charge in [0.25, 0.3) is 0 Å². The average Bonchev–Trinajstić information content (AvgIpc) is 2.91. The second-order valence-corrected chi connectivity index (χ2v) is 6.92. The lowest BCUT2D eigenvalue weighted by molar-refractivity contribution is 0.0696. The third-order valence-corrected chi connectivity index (χ3v) is 4.79. The minimum Gasteiger partial charge on any atom is -0.478 e. The molecular formula is C14H19NO5S. The molecule has 0 bridgehead atoms.